The summed E-state index contributed by atoms with van der Waals surface area (Å²) >= 11 is 0. The molecule has 0 radical (unpaired) electrons. The molecule has 9 heteroatoms. The lowest BCUT2D eigenvalue weighted by atomic mass is 10.0. The third-order valence-electron chi connectivity index (χ3n) is 5.39. The summed E-state index contributed by atoms with van der Waals surface area (Å²) < 4.78 is 11.5. The lowest BCUT2D eigenvalue weighted by Gasteiger charge is -2.24. The number of ether oxygens (including phenoxy) is 2. The number of anilines is 1. The number of benzene rings is 2. The van der Waals surface area contributed by atoms with Crippen LogP contribution in [0.15, 0.2) is 58.4 Å². The molecular weight excluding hydrogens is 422 g/mol. The lowest BCUT2D eigenvalue weighted by Crippen LogP contribution is -2.37. The molecule has 9 nitrogen and oxygen atoms in total. The Bertz CT molecular complexity index is 1340. The fourth-order valence-corrected chi connectivity index (χ4v) is 3.54. The number of methoxy groups -OCH3 is 2. The van der Waals surface area contributed by atoms with Crippen molar-refractivity contribution in [2.45, 2.75) is 12.8 Å². The SMILES string of the molecule is COc1ccc(C2=NN(c3nc(-c4ccc(OC)cc4)c(C#N)c(=O)n3C)C(=O)CC2)cc1. The summed E-state index contributed by atoms with van der Waals surface area (Å²) in [4.78, 5) is 30.3. The number of hydrazone groups is 1. The first-order chi connectivity index (χ1) is 16.0. The predicted molar refractivity (Wildman–Crippen MR) is 122 cm³/mol. The van der Waals surface area contributed by atoms with Crippen molar-refractivity contribution in [3.05, 3.63) is 70.0 Å². The first-order valence-corrected chi connectivity index (χ1v) is 10.2. The van der Waals surface area contributed by atoms with E-state index in [-0.39, 0.29) is 29.5 Å². The second-order valence-electron chi connectivity index (χ2n) is 7.32. The summed E-state index contributed by atoms with van der Waals surface area (Å²) in [6, 6.07) is 16.1. The third kappa shape index (κ3) is 4.06. The number of rotatable bonds is 5. The molecule has 0 saturated heterocycles. The quantitative estimate of drug-likeness (QED) is 0.600. The van der Waals surface area contributed by atoms with Crippen LogP contribution in [0.25, 0.3) is 11.3 Å². The van der Waals surface area contributed by atoms with Gasteiger partial charge in [0.05, 0.1) is 25.6 Å². The number of aromatic nitrogens is 2. The van der Waals surface area contributed by atoms with Gasteiger partial charge in [0.2, 0.25) is 11.9 Å². The van der Waals surface area contributed by atoms with Crippen LogP contribution in [0, 0.1) is 11.3 Å². The van der Waals surface area contributed by atoms with Gasteiger partial charge in [0, 0.05) is 25.5 Å². The smallest absolute Gasteiger partial charge is 0.273 e. The van der Waals surface area contributed by atoms with Gasteiger partial charge in [-0.25, -0.2) is 4.98 Å². The van der Waals surface area contributed by atoms with Crippen molar-refractivity contribution in [2.24, 2.45) is 12.1 Å². The third-order valence-corrected chi connectivity index (χ3v) is 5.39. The number of hydrogen-bond acceptors (Lipinski definition) is 7. The molecule has 0 bridgehead atoms. The number of carbonyl (C=O) groups is 1. The number of amides is 1. The largest absolute Gasteiger partial charge is 0.497 e. The van der Waals surface area contributed by atoms with E-state index >= 15 is 0 Å². The number of nitriles is 1. The highest BCUT2D eigenvalue weighted by Crippen LogP contribution is 2.27. The molecule has 0 fully saturated rings. The van der Waals surface area contributed by atoms with E-state index in [2.05, 4.69) is 10.1 Å². The Morgan fingerprint density at radius 3 is 2.03 bits per heavy atom. The molecule has 3 aromatic rings. The van der Waals surface area contributed by atoms with Crippen LogP contribution in [0.4, 0.5) is 5.95 Å². The Hall–Kier alpha value is -4.45. The molecule has 0 saturated carbocycles. The molecule has 2 aromatic carbocycles. The molecule has 0 N–H and O–H groups in total. The summed E-state index contributed by atoms with van der Waals surface area (Å²) in [5.41, 5.74) is 1.57. The molecule has 0 unspecified atom stereocenters. The zero-order valence-electron chi connectivity index (χ0n) is 18.4. The van der Waals surface area contributed by atoms with Gasteiger partial charge in [-0.1, -0.05) is 0 Å². The maximum atomic E-state index is 13.0. The molecule has 33 heavy (non-hydrogen) atoms. The van der Waals surface area contributed by atoms with Crippen LogP contribution in [-0.4, -0.2) is 35.4 Å². The zero-order valence-corrected chi connectivity index (χ0v) is 18.4. The van der Waals surface area contributed by atoms with E-state index in [1.54, 1.807) is 38.5 Å². The average Bonchev–Trinajstić information content (AvgIpc) is 2.86. The Kier molecular flexibility index (Phi) is 5.91. The Morgan fingerprint density at radius 1 is 0.909 bits per heavy atom. The van der Waals surface area contributed by atoms with Gasteiger partial charge in [-0.2, -0.15) is 15.4 Å². The number of hydrogen-bond donors (Lipinski definition) is 0. The maximum absolute atomic E-state index is 13.0. The van der Waals surface area contributed by atoms with Crippen molar-refractivity contribution in [1.82, 2.24) is 9.55 Å². The Labute approximate surface area is 190 Å². The van der Waals surface area contributed by atoms with Gasteiger partial charge < -0.3 is 9.47 Å². The lowest BCUT2D eigenvalue weighted by molar-refractivity contribution is -0.118. The molecular formula is C24H21N5O4. The van der Waals surface area contributed by atoms with Crippen molar-refractivity contribution in [3.8, 4) is 28.8 Å². The summed E-state index contributed by atoms with van der Waals surface area (Å²) in [7, 11) is 4.60. The van der Waals surface area contributed by atoms with Crippen molar-refractivity contribution in [3.63, 3.8) is 0 Å². The second-order valence-corrected chi connectivity index (χ2v) is 7.32. The summed E-state index contributed by atoms with van der Waals surface area (Å²) in [5, 5.41) is 15.3. The van der Waals surface area contributed by atoms with Crippen LogP contribution in [-0.2, 0) is 11.8 Å². The molecule has 1 aromatic heterocycles. The first kappa shape index (κ1) is 21.8. The molecule has 0 spiro atoms. The second kappa shape index (κ2) is 8.96. The van der Waals surface area contributed by atoms with Crippen LogP contribution >= 0.6 is 0 Å². The monoisotopic (exact) mass is 443 g/mol. The van der Waals surface area contributed by atoms with Crippen molar-refractivity contribution in [2.75, 3.05) is 19.2 Å². The highest BCUT2D eigenvalue weighted by molar-refractivity contribution is 6.08. The average molecular weight is 443 g/mol. The minimum Gasteiger partial charge on any atom is -0.497 e. The van der Waals surface area contributed by atoms with E-state index in [1.165, 1.54) is 11.6 Å². The van der Waals surface area contributed by atoms with Crippen LogP contribution in [0.2, 0.25) is 0 Å². The summed E-state index contributed by atoms with van der Waals surface area (Å²) in [5.74, 6) is 1.09. The molecule has 2 heterocycles. The molecule has 4 rings (SSSR count). The normalized spacial score (nSPS) is 13.3. The fourth-order valence-electron chi connectivity index (χ4n) is 3.54. The standard InChI is InChI=1S/C24H21N5O4/c1-28-23(31)19(14-25)22(16-6-10-18(33-3)11-7-16)26-24(28)29-21(30)13-12-20(27-29)15-4-8-17(32-2)9-5-15/h4-11H,12-13H2,1-3H3. The minimum atomic E-state index is -0.562. The zero-order chi connectivity index (χ0) is 23.5. The van der Waals surface area contributed by atoms with Gasteiger partial charge in [0.1, 0.15) is 23.1 Å². The maximum Gasteiger partial charge on any atom is 0.273 e. The van der Waals surface area contributed by atoms with E-state index in [4.69, 9.17) is 9.47 Å². The highest BCUT2D eigenvalue weighted by atomic mass is 16.5. The van der Waals surface area contributed by atoms with Crippen LogP contribution in [0.3, 0.4) is 0 Å². The minimum absolute atomic E-state index is 0.0422. The van der Waals surface area contributed by atoms with Gasteiger partial charge in [-0.3, -0.25) is 14.2 Å². The summed E-state index contributed by atoms with van der Waals surface area (Å²) in [6.45, 7) is 0. The van der Waals surface area contributed by atoms with E-state index in [0.717, 1.165) is 10.6 Å². The van der Waals surface area contributed by atoms with Crippen molar-refractivity contribution in [1.29, 1.82) is 5.26 Å². The van der Waals surface area contributed by atoms with E-state index in [0.29, 0.717) is 29.2 Å². The number of nitrogens with zero attached hydrogens (tertiary/aromatic N) is 5. The molecule has 166 valence electrons. The van der Waals surface area contributed by atoms with Crippen LogP contribution < -0.4 is 20.0 Å². The Morgan fingerprint density at radius 2 is 1.48 bits per heavy atom. The molecule has 1 aliphatic rings. The van der Waals surface area contributed by atoms with Crippen molar-refractivity contribution < 1.29 is 14.3 Å². The van der Waals surface area contributed by atoms with Gasteiger partial charge >= 0.3 is 0 Å². The van der Waals surface area contributed by atoms with Crippen molar-refractivity contribution >= 4 is 17.6 Å². The van der Waals surface area contributed by atoms with Gasteiger partial charge in [-0.05, 0) is 54.1 Å². The van der Waals surface area contributed by atoms with E-state index < -0.39 is 5.56 Å². The molecule has 1 amide bonds. The Balaban J connectivity index is 1.84. The predicted octanol–water partition coefficient (Wildman–Crippen LogP) is 2.87. The molecule has 0 atom stereocenters. The first-order valence-electron chi connectivity index (χ1n) is 10.2. The summed E-state index contributed by atoms with van der Waals surface area (Å²) in [6.07, 6.45) is 0.663. The van der Waals surface area contributed by atoms with Gasteiger partial charge in [-0.15, -0.1) is 0 Å². The molecule has 1 aliphatic heterocycles. The van der Waals surface area contributed by atoms with E-state index in [9.17, 15) is 14.9 Å². The van der Waals surface area contributed by atoms with E-state index in [1.807, 2.05) is 30.3 Å². The topological polar surface area (TPSA) is 110 Å². The van der Waals surface area contributed by atoms with Gasteiger partial charge in [0.15, 0.2) is 0 Å². The van der Waals surface area contributed by atoms with Crippen LogP contribution in [0.1, 0.15) is 24.0 Å². The fraction of sp³-hybridized carbons (Fsp3) is 0.208. The molecule has 0 aliphatic carbocycles. The van der Waals surface area contributed by atoms with Gasteiger partial charge in [0.25, 0.3) is 5.56 Å². The highest BCUT2D eigenvalue weighted by Gasteiger charge is 2.28. The number of carbonyl (C=O) groups excluding carboxylic acids is 1. The van der Waals surface area contributed by atoms with Crippen LogP contribution in [0.5, 0.6) is 11.5 Å².